The maximum absolute atomic E-state index is 13.1. The van der Waals surface area contributed by atoms with Crippen molar-refractivity contribution >= 4 is 17.5 Å². The van der Waals surface area contributed by atoms with Gasteiger partial charge in [-0.15, -0.1) is 0 Å². The van der Waals surface area contributed by atoms with Crippen LogP contribution >= 0.6 is 0 Å². The van der Waals surface area contributed by atoms with Crippen molar-refractivity contribution in [3.05, 3.63) is 23.3 Å². The lowest BCUT2D eigenvalue weighted by Crippen LogP contribution is -2.58. The van der Waals surface area contributed by atoms with Crippen LogP contribution in [-0.4, -0.2) is 23.1 Å². The first kappa shape index (κ1) is 23.4. The average Bonchev–Trinajstić information content (AvgIpc) is 3.03. The van der Waals surface area contributed by atoms with Gasteiger partial charge >= 0.3 is 5.97 Å². The fourth-order valence-electron chi connectivity index (χ4n) is 8.00. The van der Waals surface area contributed by atoms with Crippen molar-refractivity contribution in [3.63, 3.8) is 0 Å². The number of ether oxygens (including phenoxy) is 1. The minimum Gasteiger partial charge on any atom is -0.450 e. The van der Waals surface area contributed by atoms with E-state index >= 15 is 0 Å². The number of hydrogen-bond donors (Lipinski definition) is 0. The van der Waals surface area contributed by atoms with E-state index in [1.54, 1.807) is 6.92 Å². The molecular formula is C28H40O4. The van der Waals surface area contributed by atoms with Crippen LogP contribution in [0, 0.1) is 28.6 Å². The number of rotatable bonds is 6. The van der Waals surface area contributed by atoms with Crippen LogP contribution in [0.3, 0.4) is 0 Å². The summed E-state index contributed by atoms with van der Waals surface area (Å²) in [4.78, 5) is 38.1. The third-order valence-corrected chi connectivity index (χ3v) is 9.79. The maximum Gasteiger partial charge on any atom is 0.306 e. The zero-order chi connectivity index (χ0) is 23.3. The third kappa shape index (κ3) is 3.35. The molecule has 0 heterocycles. The number of Topliss-reactive ketones (excluding diaryl/α,β-unsaturated/α-hetero) is 1. The summed E-state index contributed by atoms with van der Waals surface area (Å²) in [5.41, 5.74) is 1.16. The Morgan fingerprint density at radius 2 is 1.81 bits per heavy atom. The molecule has 4 nitrogen and oxygen atoms in total. The molecule has 0 saturated heterocycles. The lowest BCUT2D eigenvalue weighted by Gasteiger charge is -2.58. The molecular weight excluding hydrogens is 400 g/mol. The average molecular weight is 441 g/mol. The predicted molar refractivity (Wildman–Crippen MR) is 125 cm³/mol. The zero-order valence-corrected chi connectivity index (χ0v) is 20.6. The number of ketones is 2. The van der Waals surface area contributed by atoms with E-state index in [-0.39, 0.29) is 28.4 Å². The Labute approximate surface area is 193 Å². The van der Waals surface area contributed by atoms with Gasteiger partial charge in [-0.25, -0.2) is 0 Å². The first-order chi connectivity index (χ1) is 15.1. The van der Waals surface area contributed by atoms with Crippen LogP contribution in [-0.2, 0) is 19.1 Å². The normalized spacial score (nSPS) is 40.5. The topological polar surface area (TPSA) is 60.4 Å². The first-order valence-corrected chi connectivity index (χ1v) is 12.8. The van der Waals surface area contributed by atoms with Crippen LogP contribution in [0.2, 0.25) is 0 Å². The number of allylic oxidation sites excluding steroid dienone is 4. The smallest absolute Gasteiger partial charge is 0.306 e. The van der Waals surface area contributed by atoms with Crippen molar-refractivity contribution in [1.29, 1.82) is 0 Å². The second-order valence-corrected chi connectivity index (χ2v) is 11.4. The summed E-state index contributed by atoms with van der Waals surface area (Å²) in [5.74, 6) is 1.21. The molecule has 0 aliphatic heterocycles. The van der Waals surface area contributed by atoms with Crippen LogP contribution in [0.1, 0.15) is 98.8 Å². The molecule has 0 aromatic carbocycles. The Hall–Kier alpha value is -1.71. The molecule has 32 heavy (non-hydrogen) atoms. The molecule has 4 heteroatoms. The van der Waals surface area contributed by atoms with Gasteiger partial charge in [-0.3, -0.25) is 14.4 Å². The molecule has 6 unspecified atom stereocenters. The standard InChI is InChI=1S/C28H40O4/c1-6-7-8-9-25(31)32-28(19(3)29)15-12-23-21-16-18(2)24-17-20(30)10-13-26(24,4)22(21)11-14-27(23,28)5/h16-17,21-23H,6-15H2,1-5H3. The van der Waals surface area contributed by atoms with Crippen LogP contribution < -0.4 is 0 Å². The molecule has 4 aliphatic rings. The minimum absolute atomic E-state index is 0.0105. The Balaban J connectivity index is 1.67. The van der Waals surface area contributed by atoms with E-state index in [1.165, 1.54) is 11.1 Å². The summed E-state index contributed by atoms with van der Waals surface area (Å²) in [6.07, 6.45) is 12.6. The molecule has 0 spiro atoms. The Kier molecular flexibility index (Phi) is 6.05. The number of fused-ring (bicyclic) bond motifs is 5. The summed E-state index contributed by atoms with van der Waals surface area (Å²) >= 11 is 0. The monoisotopic (exact) mass is 440 g/mol. The van der Waals surface area contributed by atoms with Gasteiger partial charge in [0.25, 0.3) is 0 Å². The van der Waals surface area contributed by atoms with Crippen molar-refractivity contribution in [2.75, 3.05) is 0 Å². The Morgan fingerprint density at radius 3 is 2.50 bits per heavy atom. The van der Waals surface area contributed by atoms with Gasteiger partial charge in [0.15, 0.2) is 17.2 Å². The van der Waals surface area contributed by atoms with E-state index in [0.717, 1.165) is 44.9 Å². The molecule has 0 aromatic rings. The third-order valence-electron chi connectivity index (χ3n) is 9.79. The van der Waals surface area contributed by atoms with E-state index in [1.807, 2.05) is 6.08 Å². The highest BCUT2D eigenvalue weighted by atomic mass is 16.6. The summed E-state index contributed by atoms with van der Waals surface area (Å²) in [6.45, 7) is 10.4. The summed E-state index contributed by atoms with van der Waals surface area (Å²) in [5, 5.41) is 0. The molecule has 0 radical (unpaired) electrons. The molecule has 2 saturated carbocycles. The van der Waals surface area contributed by atoms with Crippen molar-refractivity contribution in [3.8, 4) is 0 Å². The molecule has 0 bridgehead atoms. The van der Waals surface area contributed by atoms with Crippen LogP contribution in [0.5, 0.6) is 0 Å². The molecule has 0 aromatic heterocycles. The number of unbranched alkanes of at least 4 members (excludes halogenated alkanes) is 2. The van der Waals surface area contributed by atoms with E-state index in [4.69, 9.17) is 4.74 Å². The second-order valence-electron chi connectivity index (χ2n) is 11.4. The summed E-state index contributed by atoms with van der Waals surface area (Å²) < 4.78 is 6.17. The highest BCUT2D eigenvalue weighted by Gasteiger charge is 2.67. The SMILES string of the molecule is CCCCCC(=O)OC1(C(C)=O)CCC2C3C=C(C)C4=CC(=O)CCC4(C)C3CCC21C. The van der Waals surface area contributed by atoms with E-state index in [0.29, 0.717) is 37.0 Å². The lowest BCUT2D eigenvalue weighted by atomic mass is 9.47. The second kappa shape index (κ2) is 8.25. The van der Waals surface area contributed by atoms with Gasteiger partial charge in [0.1, 0.15) is 0 Å². The van der Waals surface area contributed by atoms with Crippen molar-refractivity contribution in [2.24, 2.45) is 28.6 Å². The van der Waals surface area contributed by atoms with E-state index in [9.17, 15) is 14.4 Å². The van der Waals surface area contributed by atoms with E-state index < -0.39 is 5.60 Å². The van der Waals surface area contributed by atoms with Crippen LogP contribution in [0.25, 0.3) is 0 Å². The molecule has 0 amide bonds. The fraction of sp³-hybridized carbons (Fsp3) is 0.750. The zero-order valence-electron chi connectivity index (χ0n) is 20.6. The predicted octanol–water partition coefficient (Wildman–Crippen LogP) is 6.14. The van der Waals surface area contributed by atoms with Crippen molar-refractivity contribution < 1.29 is 19.1 Å². The Bertz CT molecular complexity index is 882. The maximum atomic E-state index is 13.1. The minimum atomic E-state index is -0.993. The van der Waals surface area contributed by atoms with Gasteiger partial charge in [-0.05, 0) is 87.2 Å². The highest BCUT2D eigenvalue weighted by molar-refractivity contribution is 5.92. The van der Waals surface area contributed by atoms with Crippen molar-refractivity contribution in [1.82, 2.24) is 0 Å². The Morgan fingerprint density at radius 1 is 1.09 bits per heavy atom. The van der Waals surface area contributed by atoms with Crippen molar-refractivity contribution in [2.45, 2.75) is 104 Å². The fourth-order valence-corrected chi connectivity index (χ4v) is 8.00. The quantitative estimate of drug-likeness (QED) is 0.368. The van der Waals surface area contributed by atoms with Gasteiger partial charge in [-0.2, -0.15) is 0 Å². The number of hydrogen-bond acceptors (Lipinski definition) is 4. The molecule has 176 valence electrons. The largest absolute Gasteiger partial charge is 0.450 e. The summed E-state index contributed by atoms with van der Waals surface area (Å²) in [7, 11) is 0. The molecule has 6 atom stereocenters. The van der Waals surface area contributed by atoms with E-state index in [2.05, 4.69) is 33.8 Å². The molecule has 0 N–H and O–H groups in total. The highest BCUT2D eigenvalue weighted by Crippen LogP contribution is 2.67. The molecule has 2 fully saturated rings. The van der Waals surface area contributed by atoms with Gasteiger partial charge in [0.05, 0.1) is 0 Å². The molecule has 4 aliphatic carbocycles. The lowest BCUT2D eigenvalue weighted by molar-refractivity contribution is -0.187. The number of carbonyl (C=O) groups excluding carboxylic acids is 3. The van der Waals surface area contributed by atoms with Crippen LogP contribution in [0.15, 0.2) is 23.3 Å². The van der Waals surface area contributed by atoms with Crippen LogP contribution in [0.4, 0.5) is 0 Å². The summed E-state index contributed by atoms with van der Waals surface area (Å²) in [6, 6.07) is 0. The number of esters is 1. The molecule has 4 rings (SSSR count). The van der Waals surface area contributed by atoms with Gasteiger partial charge in [-0.1, -0.05) is 45.3 Å². The first-order valence-electron chi connectivity index (χ1n) is 12.8. The number of carbonyl (C=O) groups is 3. The van der Waals surface area contributed by atoms with Gasteiger partial charge in [0, 0.05) is 18.3 Å². The van der Waals surface area contributed by atoms with Gasteiger partial charge in [0.2, 0.25) is 0 Å². The van der Waals surface area contributed by atoms with Gasteiger partial charge < -0.3 is 4.74 Å².